The molecule has 49 heavy (non-hydrogen) atoms. The first-order chi connectivity index (χ1) is 24.0. The van der Waals surface area contributed by atoms with E-state index >= 15 is 0 Å². The number of nitrogens with zero attached hydrogens (tertiary/aromatic N) is 5. The van der Waals surface area contributed by atoms with Gasteiger partial charge in [-0.15, -0.1) is 0 Å². The molecule has 2 aliphatic carbocycles. The number of ether oxygens (including phenoxy) is 1. The number of hydrogen-bond donors (Lipinski definition) is 0. The molecule has 256 valence electrons. The minimum atomic E-state index is -0.481. The fourth-order valence-corrected chi connectivity index (χ4v) is 6.41. The van der Waals surface area contributed by atoms with Crippen molar-refractivity contribution in [2.75, 3.05) is 7.05 Å². The fraction of sp³-hybridized carbons (Fsp3) is 0.366. The molecule has 7 rings (SSSR count). The van der Waals surface area contributed by atoms with Gasteiger partial charge >= 0.3 is 12.1 Å². The Morgan fingerprint density at radius 1 is 0.673 bits per heavy atom. The molecule has 2 aliphatic rings. The second kappa shape index (κ2) is 18.5. The predicted octanol–water partition coefficient (Wildman–Crippen LogP) is 10.4. The molecule has 0 unspecified atom stereocenters. The smallest absolute Gasteiger partial charge is 0.410 e. The molecule has 2 heterocycles. The van der Waals surface area contributed by atoms with Crippen molar-refractivity contribution in [1.82, 2.24) is 24.0 Å². The van der Waals surface area contributed by atoms with Crippen LogP contribution in [-0.2, 0) is 0 Å². The molecule has 0 N–H and O–H groups in total. The van der Waals surface area contributed by atoms with E-state index in [9.17, 15) is 9.59 Å². The number of para-hydroxylation sites is 1. The summed E-state index contributed by atoms with van der Waals surface area (Å²) in [4.78, 5) is 34.9. The SMILES string of the molecule is CCC1CCCCC1.CN(C(=O)n1cnc(-c2ccccc2)c1)C1CCCCC1.O=C(Oc1ccccc1)n1cnc(-c2ccccc2)c1. The summed E-state index contributed by atoms with van der Waals surface area (Å²) in [5.41, 5.74) is 3.56. The van der Waals surface area contributed by atoms with E-state index in [-0.39, 0.29) is 6.03 Å². The number of imidazole rings is 2. The van der Waals surface area contributed by atoms with Gasteiger partial charge in [0.2, 0.25) is 0 Å². The molecule has 2 aromatic heterocycles. The molecule has 5 aromatic rings. The zero-order valence-electron chi connectivity index (χ0n) is 28.9. The van der Waals surface area contributed by atoms with E-state index in [0.29, 0.717) is 11.8 Å². The Morgan fingerprint density at radius 2 is 1.14 bits per heavy atom. The number of aromatic nitrogens is 4. The van der Waals surface area contributed by atoms with Crippen LogP contribution in [0, 0.1) is 5.92 Å². The Morgan fingerprint density at radius 3 is 1.65 bits per heavy atom. The van der Waals surface area contributed by atoms with Crippen LogP contribution in [0.1, 0.15) is 77.6 Å². The van der Waals surface area contributed by atoms with Gasteiger partial charge in [-0.05, 0) is 30.9 Å². The number of carbonyl (C=O) groups is 2. The molecule has 0 radical (unpaired) electrons. The molecular weight excluding hydrogens is 610 g/mol. The van der Waals surface area contributed by atoms with E-state index in [1.165, 1.54) is 68.7 Å². The summed E-state index contributed by atoms with van der Waals surface area (Å²) >= 11 is 0. The van der Waals surface area contributed by atoms with Crippen LogP contribution in [-0.4, -0.2) is 49.2 Å². The number of rotatable bonds is 5. The molecule has 2 saturated carbocycles. The van der Waals surface area contributed by atoms with E-state index in [4.69, 9.17) is 4.74 Å². The van der Waals surface area contributed by atoms with Gasteiger partial charge in [-0.2, -0.15) is 0 Å². The van der Waals surface area contributed by atoms with Gasteiger partial charge in [-0.3, -0.25) is 4.57 Å². The average molecular weight is 660 g/mol. The molecule has 0 atom stereocenters. The van der Waals surface area contributed by atoms with Crippen molar-refractivity contribution in [2.45, 2.75) is 83.6 Å². The molecule has 3 aromatic carbocycles. The largest absolute Gasteiger partial charge is 0.424 e. The van der Waals surface area contributed by atoms with Crippen molar-refractivity contribution in [2.24, 2.45) is 5.92 Å². The summed E-state index contributed by atoms with van der Waals surface area (Å²) < 4.78 is 8.16. The minimum absolute atomic E-state index is 0.0107. The molecule has 1 amide bonds. The van der Waals surface area contributed by atoms with Crippen LogP contribution in [0.3, 0.4) is 0 Å². The quantitative estimate of drug-likeness (QED) is 0.188. The normalized spacial score (nSPS) is 14.8. The highest BCUT2D eigenvalue weighted by atomic mass is 16.6. The third kappa shape index (κ3) is 10.5. The monoisotopic (exact) mass is 659 g/mol. The molecule has 0 saturated heterocycles. The highest BCUT2D eigenvalue weighted by Gasteiger charge is 2.23. The Bertz CT molecular complexity index is 1690. The zero-order chi connectivity index (χ0) is 34.3. The first kappa shape index (κ1) is 35.3. The van der Waals surface area contributed by atoms with Crippen molar-refractivity contribution in [3.63, 3.8) is 0 Å². The number of benzene rings is 3. The summed E-state index contributed by atoms with van der Waals surface area (Å²) in [6.07, 6.45) is 21.0. The standard InChI is InChI=1S/C17H21N3O.C16H12N2O2.C8H16/c1-19(15-10-6-3-7-11-15)17(21)20-12-16(18-13-20)14-8-4-2-5-9-14;19-16(20-14-9-5-2-6-10-14)18-11-15(17-12-18)13-7-3-1-4-8-13;1-2-8-6-4-3-5-7-8/h2,4-5,8-9,12-13,15H,3,6-7,10-11H2,1H3;1-12H;8H,2-7H2,1H3. The Kier molecular flexibility index (Phi) is 13.4. The Hall–Kier alpha value is -4.98. The van der Waals surface area contributed by atoms with Gasteiger partial charge in [-0.1, -0.05) is 144 Å². The second-order valence-corrected chi connectivity index (χ2v) is 12.8. The van der Waals surface area contributed by atoms with Crippen LogP contribution in [0.25, 0.3) is 22.5 Å². The van der Waals surface area contributed by atoms with Crippen molar-refractivity contribution in [3.05, 3.63) is 116 Å². The van der Waals surface area contributed by atoms with Crippen LogP contribution in [0.15, 0.2) is 116 Å². The average Bonchev–Trinajstić information content (AvgIpc) is 3.88. The van der Waals surface area contributed by atoms with Gasteiger partial charge in [0.05, 0.1) is 11.4 Å². The summed E-state index contributed by atoms with van der Waals surface area (Å²) in [6.45, 7) is 2.32. The van der Waals surface area contributed by atoms with Gasteiger partial charge < -0.3 is 9.64 Å². The number of hydrogen-bond acceptors (Lipinski definition) is 5. The highest BCUT2D eigenvalue weighted by Crippen LogP contribution is 2.26. The maximum atomic E-state index is 12.5. The first-order valence-corrected chi connectivity index (χ1v) is 17.7. The Labute approximate surface area is 290 Å². The zero-order valence-corrected chi connectivity index (χ0v) is 28.9. The second-order valence-electron chi connectivity index (χ2n) is 12.8. The molecule has 0 bridgehead atoms. The maximum absolute atomic E-state index is 12.5. The van der Waals surface area contributed by atoms with E-state index in [0.717, 1.165) is 41.3 Å². The molecule has 0 spiro atoms. The van der Waals surface area contributed by atoms with Crippen molar-refractivity contribution >= 4 is 12.1 Å². The molecule has 8 heteroatoms. The summed E-state index contributed by atoms with van der Waals surface area (Å²) in [7, 11) is 1.90. The maximum Gasteiger partial charge on any atom is 0.424 e. The lowest BCUT2D eigenvalue weighted by molar-refractivity contribution is 0.175. The fourth-order valence-electron chi connectivity index (χ4n) is 6.41. The van der Waals surface area contributed by atoms with Gasteiger partial charge in [0.15, 0.2) is 0 Å². The van der Waals surface area contributed by atoms with E-state index in [1.807, 2.05) is 97.0 Å². The van der Waals surface area contributed by atoms with Crippen molar-refractivity contribution in [3.8, 4) is 28.3 Å². The van der Waals surface area contributed by atoms with Gasteiger partial charge in [0.1, 0.15) is 18.4 Å². The van der Waals surface area contributed by atoms with Crippen molar-refractivity contribution < 1.29 is 14.3 Å². The van der Waals surface area contributed by atoms with Crippen LogP contribution in [0.5, 0.6) is 5.75 Å². The van der Waals surface area contributed by atoms with Crippen molar-refractivity contribution in [1.29, 1.82) is 0 Å². The number of carbonyl (C=O) groups excluding carboxylic acids is 2. The lowest BCUT2D eigenvalue weighted by Gasteiger charge is -2.31. The topological polar surface area (TPSA) is 82.3 Å². The third-order valence-corrected chi connectivity index (χ3v) is 9.41. The van der Waals surface area contributed by atoms with Gasteiger partial charge in [0, 0.05) is 36.6 Å². The lowest BCUT2D eigenvalue weighted by Crippen LogP contribution is -2.40. The lowest BCUT2D eigenvalue weighted by atomic mass is 9.88. The number of amides is 1. The highest BCUT2D eigenvalue weighted by molar-refractivity contribution is 5.78. The summed E-state index contributed by atoms with van der Waals surface area (Å²) in [5, 5.41) is 0. The van der Waals surface area contributed by atoms with E-state index in [2.05, 4.69) is 16.9 Å². The van der Waals surface area contributed by atoms with Crippen LogP contribution < -0.4 is 4.74 Å². The minimum Gasteiger partial charge on any atom is -0.410 e. The van der Waals surface area contributed by atoms with E-state index < -0.39 is 6.09 Å². The molecule has 0 aliphatic heterocycles. The summed E-state index contributed by atoms with van der Waals surface area (Å²) in [5.74, 6) is 1.59. The summed E-state index contributed by atoms with van der Waals surface area (Å²) in [6, 6.07) is 28.9. The molecular formula is C41H49N5O3. The van der Waals surface area contributed by atoms with Crippen LogP contribution in [0.4, 0.5) is 9.59 Å². The van der Waals surface area contributed by atoms with E-state index in [1.54, 1.807) is 29.2 Å². The van der Waals surface area contributed by atoms with Gasteiger partial charge in [0.25, 0.3) is 0 Å². The van der Waals surface area contributed by atoms with Crippen LogP contribution in [0.2, 0.25) is 0 Å². The van der Waals surface area contributed by atoms with Crippen LogP contribution >= 0.6 is 0 Å². The Balaban J connectivity index is 0.000000157. The molecule has 2 fully saturated rings. The predicted molar refractivity (Wildman–Crippen MR) is 195 cm³/mol. The molecule has 8 nitrogen and oxygen atoms in total. The van der Waals surface area contributed by atoms with Gasteiger partial charge in [-0.25, -0.2) is 24.1 Å². The third-order valence-electron chi connectivity index (χ3n) is 9.41. The first-order valence-electron chi connectivity index (χ1n) is 17.7.